The van der Waals surface area contributed by atoms with Crippen LogP contribution >= 0.6 is 11.6 Å². The standard InChI is InChI=1S/C36H27ClN2O4/c1-2-21-43-24-17-15-23(16-18-24)32(40)30-31(33(41)26-11-5-7-13-28(26)37)39-20-19-22-9-3-4-10-25(22)34(39)36(30)27-12-6-8-14-29(27)38-35(36)42/h2-20,30-31,34H,1,21H2,(H,38,42)/t30-,31+,34+,36+/m0/s1. The van der Waals surface area contributed by atoms with Crippen molar-refractivity contribution >= 4 is 40.8 Å². The maximum absolute atomic E-state index is 14.9. The van der Waals surface area contributed by atoms with Crippen LogP contribution in [-0.4, -0.2) is 35.0 Å². The number of hydrogen-bond donors (Lipinski definition) is 1. The van der Waals surface area contributed by atoms with Crippen LogP contribution in [0.4, 0.5) is 5.69 Å². The second-order valence-electron chi connectivity index (χ2n) is 10.9. The van der Waals surface area contributed by atoms with Gasteiger partial charge in [-0.25, -0.2) is 0 Å². The second-order valence-corrected chi connectivity index (χ2v) is 11.3. The summed E-state index contributed by atoms with van der Waals surface area (Å²) in [6.07, 6.45) is 5.43. The van der Waals surface area contributed by atoms with Gasteiger partial charge in [-0.05, 0) is 65.2 Å². The minimum atomic E-state index is -1.41. The first-order valence-electron chi connectivity index (χ1n) is 14.1. The Balaban J connectivity index is 1.49. The molecule has 7 heteroatoms. The molecule has 0 aliphatic carbocycles. The predicted molar refractivity (Wildman–Crippen MR) is 166 cm³/mol. The molecule has 3 aliphatic rings. The van der Waals surface area contributed by atoms with Gasteiger partial charge in [-0.3, -0.25) is 14.4 Å². The third-order valence-electron chi connectivity index (χ3n) is 8.77. The highest BCUT2D eigenvalue weighted by molar-refractivity contribution is 6.34. The van der Waals surface area contributed by atoms with Crippen molar-refractivity contribution in [1.82, 2.24) is 4.90 Å². The number of ketones is 2. The Kier molecular flexibility index (Phi) is 6.51. The van der Waals surface area contributed by atoms with Gasteiger partial charge in [0.1, 0.15) is 23.8 Å². The van der Waals surface area contributed by atoms with Gasteiger partial charge in [-0.15, -0.1) is 0 Å². The number of anilines is 1. The molecular weight excluding hydrogens is 560 g/mol. The lowest BCUT2D eigenvalue weighted by Crippen LogP contribution is -2.49. The Bertz CT molecular complexity index is 1830. The van der Waals surface area contributed by atoms with Gasteiger partial charge >= 0.3 is 0 Å². The highest BCUT2D eigenvalue weighted by Gasteiger charge is 2.70. The molecule has 6 nitrogen and oxygen atoms in total. The lowest BCUT2D eigenvalue weighted by molar-refractivity contribution is -0.122. The molecule has 212 valence electrons. The molecule has 43 heavy (non-hydrogen) atoms. The van der Waals surface area contributed by atoms with Gasteiger partial charge in [0, 0.05) is 23.0 Å². The molecule has 1 saturated heterocycles. The Morgan fingerprint density at radius 2 is 1.65 bits per heavy atom. The summed E-state index contributed by atoms with van der Waals surface area (Å²) in [5.74, 6) is -1.45. The molecule has 3 heterocycles. The molecule has 0 bridgehead atoms. The Morgan fingerprint density at radius 1 is 0.930 bits per heavy atom. The number of para-hydroxylation sites is 1. The highest BCUT2D eigenvalue weighted by Crippen LogP contribution is 2.62. The molecule has 4 aromatic rings. The first-order chi connectivity index (χ1) is 21.0. The van der Waals surface area contributed by atoms with E-state index in [1.807, 2.05) is 65.7 Å². The van der Waals surface area contributed by atoms with Gasteiger partial charge in [0.2, 0.25) is 5.91 Å². The summed E-state index contributed by atoms with van der Waals surface area (Å²) in [6, 6.07) is 27.3. The van der Waals surface area contributed by atoms with Crippen molar-refractivity contribution in [2.45, 2.75) is 17.5 Å². The SMILES string of the molecule is C=CCOc1ccc(C(=O)[C@@H]2[C@H](C(=O)c3ccccc3Cl)N3C=Cc4ccccc4[C@@H]3[C@]23C(=O)Nc2ccccc23)cc1. The molecule has 0 aromatic heterocycles. The number of fused-ring (bicyclic) bond motifs is 6. The van der Waals surface area contributed by atoms with Gasteiger partial charge < -0.3 is 15.0 Å². The molecule has 3 aliphatic heterocycles. The number of amides is 1. The summed E-state index contributed by atoms with van der Waals surface area (Å²) in [5.41, 5.74) is 2.40. The predicted octanol–water partition coefficient (Wildman–Crippen LogP) is 6.89. The van der Waals surface area contributed by atoms with Gasteiger partial charge in [0.15, 0.2) is 11.6 Å². The zero-order valence-corrected chi connectivity index (χ0v) is 23.8. The van der Waals surface area contributed by atoms with E-state index in [4.69, 9.17) is 16.3 Å². The zero-order chi connectivity index (χ0) is 29.7. The van der Waals surface area contributed by atoms with Crippen molar-refractivity contribution in [3.8, 4) is 5.75 Å². The molecule has 1 N–H and O–H groups in total. The Labute approximate surface area is 254 Å². The van der Waals surface area contributed by atoms with Crippen LogP contribution in [0.25, 0.3) is 6.08 Å². The van der Waals surface area contributed by atoms with E-state index in [1.54, 1.807) is 54.6 Å². The minimum absolute atomic E-state index is 0.289. The van der Waals surface area contributed by atoms with Crippen LogP contribution in [0.15, 0.2) is 116 Å². The van der Waals surface area contributed by atoms with Crippen molar-refractivity contribution in [2.75, 3.05) is 11.9 Å². The molecule has 0 radical (unpaired) electrons. The summed E-state index contributed by atoms with van der Waals surface area (Å²) >= 11 is 6.58. The van der Waals surface area contributed by atoms with Gasteiger partial charge in [-0.1, -0.05) is 78.9 Å². The molecule has 1 amide bonds. The van der Waals surface area contributed by atoms with Crippen molar-refractivity contribution < 1.29 is 19.1 Å². The number of nitrogens with zero attached hydrogens (tertiary/aromatic N) is 1. The summed E-state index contributed by atoms with van der Waals surface area (Å²) in [6.45, 7) is 4.01. The van der Waals surface area contributed by atoms with E-state index >= 15 is 0 Å². The maximum atomic E-state index is 14.9. The fraction of sp³-hybridized carbons (Fsp3) is 0.139. The van der Waals surface area contributed by atoms with Crippen LogP contribution in [0, 0.1) is 5.92 Å². The van der Waals surface area contributed by atoms with Gasteiger partial charge in [-0.2, -0.15) is 0 Å². The van der Waals surface area contributed by atoms with E-state index in [0.717, 1.165) is 11.1 Å². The summed E-state index contributed by atoms with van der Waals surface area (Å²) in [4.78, 5) is 46.0. The number of rotatable bonds is 7. The van der Waals surface area contributed by atoms with E-state index < -0.39 is 23.4 Å². The summed E-state index contributed by atoms with van der Waals surface area (Å²) < 4.78 is 5.64. The Morgan fingerprint density at radius 3 is 2.44 bits per heavy atom. The largest absolute Gasteiger partial charge is 0.490 e. The van der Waals surface area contributed by atoms with Gasteiger partial charge in [0.25, 0.3) is 0 Å². The number of nitrogens with one attached hydrogen (secondary N) is 1. The average molecular weight is 587 g/mol. The quantitative estimate of drug-likeness (QED) is 0.189. The monoisotopic (exact) mass is 586 g/mol. The summed E-state index contributed by atoms with van der Waals surface area (Å²) in [7, 11) is 0. The fourth-order valence-electron chi connectivity index (χ4n) is 7.04. The zero-order valence-electron chi connectivity index (χ0n) is 23.1. The average Bonchev–Trinajstić information content (AvgIpc) is 3.52. The van der Waals surface area contributed by atoms with E-state index in [0.29, 0.717) is 34.7 Å². The normalized spacial score (nSPS) is 22.9. The van der Waals surface area contributed by atoms with Crippen LogP contribution in [-0.2, 0) is 10.2 Å². The molecule has 1 spiro atoms. The number of carbonyl (C=O) groups is 3. The van der Waals surface area contributed by atoms with Crippen molar-refractivity contribution in [2.24, 2.45) is 5.92 Å². The third kappa shape index (κ3) is 3.97. The smallest absolute Gasteiger partial charge is 0.238 e. The molecule has 7 rings (SSSR count). The first-order valence-corrected chi connectivity index (χ1v) is 14.5. The number of halogens is 1. The number of carbonyl (C=O) groups excluding carboxylic acids is 3. The third-order valence-corrected chi connectivity index (χ3v) is 9.10. The number of Topliss-reactive ketones (excluding diaryl/α,β-unsaturated/α-hetero) is 2. The lowest BCUT2D eigenvalue weighted by atomic mass is 9.62. The van der Waals surface area contributed by atoms with Crippen LogP contribution in [0.3, 0.4) is 0 Å². The molecule has 0 saturated carbocycles. The van der Waals surface area contributed by atoms with Crippen molar-refractivity contribution in [1.29, 1.82) is 0 Å². The van der Waals surface area contributed by atoms with E-state index in [9.17, 15) is 14.4 Å². The molecule has 4 atom stereocenters. The lowest BCUT2D eigenvalue weighted by Gasteiger charge is -2.38. The van der Waals surface area contributed by atoms with E-state index in [1.165, 1.54) is 0 Å². The van der Waals surface area contributed by atoms with Crippen LogP contribution < -0.4 is 10.1 Å². The topological polar surface area (TPSA) is 75.7 Å². The minimum Gasteiger partial charge on any atom is -0.490 e. The maximum Gasteiger partial charge on any atom is 0.238 e. The Hall–Kier alpha value is -4.94. The van der Waals surface area contributed by atoms with E-state index in [-0.39, 0.29) is 22.5 Å². The second kappa shape index (κ2) is 10.4. The van der Waals surface area contributed by atoms with Gasteiger partial charge in [0.05, 0.1) is 17.0 Å². The molecule has 0 unspecified atom stereocenters. The van der Waals surface area contributed by atoms with E-state index in [2.05, 4.69) is 11.9 Å². The molecule has 4 aromatic carbocycles. The molecular formula is C36H27ClN2O4. The number of hydrogen-bond acceptors (Lipinski definition) is 5. The van der Waals surface area contributed by atoms with Crippen LogP contribution in [0.1, 0.15) is 43.4 Å². The first kappa shape index (κ1) is 26.9. The van der Waals surface area contributed by atoms with Crippen molar-refractivity contribution in [3.05, 3.63) is 149 Å². The fourth-order valence-corrected chi connectivity index (χ4v) is 7.27. The molecule has 1 fully saturated rings. The highest BCUT2D eigenvalue weighted by atomic mass is 35.5. The van der Waals surface area contributed by atoms with Crippen molar-refractivity contribution in [3.63, 3.8) is 0 Å². The number of ether oxygens (including phenoxy) is 1. The number of benzene rings is 4. The summed E-state index contributed by atoms with van der Waals surface area (Å²) in [5, 5.41) is 3.35. The van der Waals surface area contributed by atoms with Crippen LogP contribution in [0.2, 0.25) is 5.02 Å². The van der Waals surface area contributed by atoms with Crippen LogP contribution in [0.5, 0.6) is 5.75 Å².